The van der Waals surface area contributed by atoms with Crippen molar-refractivity contribution in [1.29, 1.82) is 0 Å². The van der Waals surface area contributed by atoms with Gasteiger partial charge in [-0.2, -0.15) is 8.62 Å². The summed E-state index contributed by atoms with van der Waals surface area (Å²) >= 11 is 0. The van der Waals surface area contributed by atoms with Gasteiger partial charge in [0.2, 0.25) is 0 Å². The van der Waals surface area contributed by atoms with Gasteiger partial charge in [0.25, 0.3) is 5.56 Å². The number of unbranched alkanes of at least 4 members (excludes halogenated alkanes) is 8. The largest absolute Gasteiger partial charge is 0.490 e. The van der Waals surface area contributed by atoms with Gasteiger partial charge in [0.1, 0.15) is 12.3 Å². The van der Waals surface area contributed by atoms with Crippen molar-refractivity contribution in [2.75, 3.05) is 19.8 Å². The standard InChI is InChI=1S/C21H38N5O14P3/c1-16-14-26(21(29)24-20(16)28)19-13-17(27)18(38-19)15-37-42(32,33)40-43(34,35)39-41(30,31)36-12-10-8-6-4-2-3-5-7-9-11-23-25-22/h14,17-19,27H,2-13,15H2,1H3,(H,30,31)(H,32,33)(H,34,35)(H,24,28,29)/t17?,18-,19-/m0/s1. The summed E-state index contributed by atoms with van der Waals surface area (Å²) in [7, 11) is -16.2. The molecule has 2 rings (SSSR count). The number of ether oxygens (including phenoxy) is 1. The van der Waals surface area contributed by atoms with E-state index in [-0.39, 0.29) is 18.6 Å². The van der Waals surface area contributed by atoms with Gasteiger partial charge in [-0.3, -0.25) is 23.4 Å². The lowest BCUT2D eigenvalue weighted by Crippen LogP contribution is -2.33. The molecule has 43 heavy (non-hydrogen) atoms. The van der Waals surface area contributed by atoms with Crippen molar-refractivity contribution in [3.05, 3.63) is 43.0 Å². The number of aliphatic hydroxyl groups excluding tert-OH is 1. The molecule has 246 valence electrons. The third kappa shape index (κ3) is 14.3. The van der Waals surface area contributed by atoms with Crippen LogP contribution in [0.1, 0.15) is 76.0 Å². The molecule has 1 aliphatic rings. The summed E-state index contributed by atoms with van der Waals surface area (Å²) in [5, 5.41) is 13.7. The molecule has 0 amide bonds. The first-order chi connectivity index (χ1) is 20.1. The molecule has 2 heterocycles. The Labute approximate surface area is 246 Å². The Morgan fingerprint density at radius 1 is 0.977 bits per heavy atom. The third-order valence-corrected chi connectivity index (χ3v) is 10.5. The number of aryl methyl sites for hydroxylation is 1. The molecule has 1 aromatic heterocycles. The Morgan fingerprint density at radius 2 is 1.53 bits per heavy atom. The minimum atomic E-state index is -5.66. The monoisotopic (exact) mass is 677 g/mol. The molecular formula is C21H38N5O14P3. The quantitative estimate of drug-likeness (QED) is 0.0408. The molecular weight excluding hydrogens is 639 g/mol. The molecule has 1 aliphatic heterocycles. The molecule has 1 aromatic rings. The number of aromatic nitrogens is 2. The number of azide groups is 1. The van der Waals surface area contributed by atoms with Crippen molar-refractivity contribution >= 4 is 23.5 Å². The summed E-state index contributed by atoms with van der Waals surface area (Å²) < 4.78 is 60.1. The molecule has 19 nitrogen and oxygen atoms in total. The first-order valence-electron chi connectivity index (χ1n) is 13.5. The fourth-order valence-corrected chi connectivity index (χ4v) is 7.62. The summed E-state index contributed by atoms with van der Waals surface area (Å²) in [6, 6.07) is 0. The van der Waals surface area contributed by atoms with Crippen molar-refractivity contribution in [2.45, 2.75) is 89.6 Å². The summed E-state index contributed by atoms with van der Waals surface area (Å²) in [6.07, 6.45) is 5.01. The highest BCUT2D eigenvalue weighted by molar-refractivity contribution is 7.66. The van der Waals surface area contributed by atoms with E-state index >= 15 is 0 Å². The van der Waals surface area contributed by atoms with E-state index < -0.39 is 59.8 Å². The molecule has 0 aliphatic carbocycles. The maximum Gasteiger partial charge on any atom is 0.490 e. The van der Waals surface area contributed by atoms with Gasteiger partial charge in [0, 0.05) is 29.6 Å². The highest BCUT2D eigenvalue weighted by Gasteiger charge is 2.43. The number of aromatic amines is 1. The van der Waals surface area contributed by atoms with E-state index in [9.17, 15) is 43.1 Å². The number of rotatable bonds is 21. The first-order valence-corrected chi connectivity index (χ1v) is 18.0. The van der Waals surface area contributed by atoms with Crippen LogP contribution in [-0.2, 0) is 36.1 Å². The van der Waals surface area contributed by atoms with E-state index in [1.165, 1.54) is 13.1 Å². The van der Waals surface area contributed by atoms with E-state index in [1.807, 2.05) is 0 Å². The van der Waals surface area contributed by atoms with Crippen LogP contribution in [0.25, 0.3) is 10.4 Å². The molecule has 0 bridgehead atoms. The molecule has 22 heteroatoms. The molecule has 1 fully saturated rings. The fraction of sp³-hybridized carbons (Fsp3) is 0.810. The van der Waals surface area contributed by atoms with Crippen LogP contribution in [0, 0.1) is 6.92 Å². The predicted octanol–water partition coefficient (Wildman–Crippen LogP) is 3.68. The van der Waals surface area contributed by atoms with Gasteiger partial charge in [-0.05, 0) is 25.3 Å². The van der Waals surface area contributed by atoms with Gasteiger partial charge in [0.05, 0.1) is 19.3 Å². The number of hydrogen-bond acceptors (Lipinski definition) is 12. The molecule has 0 spiro atoms. The van der Waals surface area contributed by atoms with Crippen LogP contribution < -0.4 is 11.2 Å². The first kappa shape index (κ1) is 37.5. The summed E-state index contributed by atoms with van der Waals surface area (Å²) in [6.45, 7) is 0.785. The van der Waals surface area contributed by atoms with Crippen LogP contribution in [0.2, 0.25) is 0 Å². The average molecular weight is 677 g/mol. The Kier molecular flexibility index (Phi) is 15.5. The van der Waals surface area contributed by atoms with Crippen LogP contribution in [0.3, 0.4) is 0 Å². The number of H-pyrrole nitrogens is 1. The number of phosphoric ester groups is 2. The van der Waals surface area contributed by atoms with Crippen molar-refractivity contribution in [3.63, 3.8) is 0 Å². The second kappa shape index (κ2) is 17.7. The van der Waals surface area contributed by atoms with Gasteiger partial charge in [0.15, 0.2) is 0 Å². The minimum Gasteiger partial charge on any atom is -0.390 e. The Hall–Kier alpha value is -1.68. The van der Waals surface area contributed by atoms with Crippen LogP contribution in [0.4, 0.5) is 0 Å². The van der Waals surface area contributed by atoms with Gasteiger partial charge < -0.3 is 24.5 Å². The zero-order chi connectivity index (χ0) is 32.1. The number of aliphatic hydroxyl groups is 1. The van der Waals surface area contributed by atoms with Gasteiger partial charge in [-0.15, -0.1) is 0 Å². The van der Waals surface area contributed by atoms with E-state index in [4.69, 9.17) is 10.3 Å². The molecule has 0 aromatic carbocycles. The maximum absolute atomic E-state index is 12.2. The molecule has 0 radical (unpaired) electrons. The molecule has 0 saturated carbocycles. The van der Waals surface area contributed by atoms with Gasteiger partial charge in [-0.25, -0.2) is 18.5 Å². The van der Waals surface area contributed by atoms with Crippen molar-refractivity contribution in [2.24, 2.45) is 5.11 Å². The number of nitrogens with zero attached hydrogens (tertiary/aromatic N) is 4. The fourth-order valence-electron chi connectivity index (χ4n) is 4.07. The second-order valence-electron chi connectivity index (χ2n) is 9.75. The Morgan fingerprint density at radius 3 is 2.14 bits per heavy atom. The van der Waals surface area contributed by atoms with E-state index in [0.29, 0.717) is 19.4 Å². The van der Waals surface area contributed by atoms with Crippen LogP contribution in [0.5, 0.6) is 0 Å². The van der Waals surface area contributed by atoms with Crippen molar-refractivity contribution in [1.82, 2.24) is 9.55 Å². The normalized spacial score (nSPS) is 22.8. The Balaban J connectivity index is 1.69. The highest BCUT2D eigenvalue weighted by atomic mass is 31.3. The average Bonchev–Trinajstić information content (AvgIpc) is 3.26. The SMILES string of the molecule is Cc1cn([C@@H]2CC(O)[C@H](COP(=O)(O)OP(=O)(O)OP(=O)(O)OCCCCCCCCCCCN=[N+]=[N-])O2)c(=O)[nH]c1=O. The topological polar surface area (TPSA) is 282 Å². The van der Waals surface area contributed by atoms with Crippen LogP contribution >= 0.6 is 23.5 Å². The molecule has 6 atom stereocenters. The molecule has 5 N–H and O–H groups in total. The molecule has 1 saturated heterocycles. The summed E-state index contributed by atoms with van der Waals surface area (Å²) in [5.74, 6) is 0. The van der Waals surface area contributed by atoms with E-state index in [2.05, 4.69) is 32.7 Å². The lowest BCUT2D eigenvalue weighted by atomic mass is 10.1. The number of hydrogen-bond donors (Lipinski definition) is 5. The maximum atomic E-state index is 12.2. The summed E-state index contributed by atoms with van der Waals surface area (Å²) in [5.41, 5.74) is 6.96. The third-order valence-electron chi connectivity index (χ3n) is 6.20. The van der Waals surface area contributed by atoms with Crippen LogP contribution in [0.15, 0.2) is 20.9 Å². The van der Waals surface area contributed by atoms with E-state index in [0.717, 1.165) is 49.5 Å². The summed E-state index contributed by atoms with van der Waals surface area (Å²) in [4.78, 5) is 57.6. The zero-order valence-electron chi connectivity index (χ0n) is 23.5. The Bertz CT molecular complexity index is 1350. The van der Waals surface area contributed by atoms with Crippen molar-refractivity contribution in [3.8, 4) is 0 Å². The molecule has 4 unspecified atom stereocenters. The second-order valence-corrected chi connectivity index (χ2v) is 14.4. The minimum absolute atomic E-state index is 0.163. The lowest BCUT2D eigenvalue weighted by Gasteiger charge is -2.20. The van der Waals surface area contributed by atoms with E-state index in [1.54, 1.807) is 0 Å². The van der Waals surface area contributed by atoms with Gasteiger partial charge in [-0.1, -0.05) is 50.1 Å². The van der Waals surface area contributed by atoms with Gasteiger partial charge >= 0.3 is 29.2 Å². The number of nitrogens with one attached hydrogen (secondary N) is 1. The number of phosphoric acid groups is 3. The smallest absolute Gasteiger partial charge is 0.390 e. The highest BCUT2D eigenvalue weighted by Crippen LogP contribution is 2.67. The zero-order valence-corrected chi connectivity index (χ0v) is 26.2. The lowest BCUT2D eigenvalue weighted by molar-refractivity contribution is -0.0450. The van der Waals surface area contributed by atoms with Crippen LogP contribution in [-0.4, -0.2) is 61.3 Å². The predicted molar refractivity (Wildman–Crippen MR) is 150 cm³/mol. The van der Waals surface area contributed by atoms with Crippen molar-refractivity contribution < 1.29 is 55.9 Å².